The van der Waals surface area contributed by atoms with Crippen molar-refractivity contribution in [2.75, 3.05) is 32.2 Å². The normalized spacial score (nSPS) is 25.0. The number of hydrogen-bond donors (Lipinski definition) is 2. The second-order valence-electron chi connectivity index (χ2n) is 11.6. The van der Waals surface area contributed by atoms with Crippen LogP contribution in [0.1, 0.15) is 59.3 Å². The van der Waals surface area contributed by atoms with Gasteiger partial charge >= 0.3 is 26.1 Å². The van der Waals surface area contributed by atoms with Crippen LogP contribution in [0, 0.1) is 11.8 Å². The number of alkyl halides is 1. The monoisotopic (exact) mass is 656 g/mol. The number of carbonyl (C=O) groups is 3. The van der Waals surface area contributed by atoms with Crippen LogP contribution in [0.2, 0.25) is 0 Å². The van der Waals surface area contributed by atoms with Crippen LogP contribution in [0.5, 0.6) is 0 Å². The van der Waals surface area contributed by atoms with Crippen LogP contribution in [0.25, 0.3) is 5.52 Å². The molecule has 0 aliphatic carbocycles. The van der Waals surface area contributed by atoms with Gasteiger partial charge in [-0.15, -0.1) is 4.52 Å². The molecule has 17 heteroatoms. The number of hydrogen-bond acceptors (Lipinski definition) is 13. The largest absolute Gasteiger partial charge is 0.613 e. The molecule has 4 heterocycles. The van der Waals surface area contributed by atoms with E-state index < -0.39 is 81.2 Å². The molecule has 0 amide bonds. The average molecular weight is 657 g/mol. The van der Waals surface area contributed by atoms with Crippen molar-refractivity contribution in [3.63, 3.8) is 0 Å². The first kappa shape index (κ1) is 34.6. The molecule has 0 bridgehead atoms. The number of esters is 3. The molecule has 2 aromatic rings. The number of nitrogens with one attached hydrogen (secondary N) is 1. The van der Waals surface area contributed by atoms with Gasteiger partial charge in [0, 0.05) is 12.8 Å². The number of halogens is 1. The molecule has 2 aliphatic rings. The summed E-state index contributed by atoms with van der Waals surface area (Å²) < 4.78 is 63.6. The number of nitrogen functional groups attached to an aromatic ring is 1. The highest BCUT2D eigenvalue weighted by Crippen LogP contribution is 2.46. The lowest BCUT2D eigenvalue weighted by molar-refractivity contribution is -0.178. The van der Waals surface area contributed by atoms with Gasteiger partial charge in [0.05, 0.1) is 30.7 Å². The first-order valence-electron chi connectivity index (χ1n) is 14.7. The van der Waals surface area contributed by atoms with E-state index in [0.29, 0.717) is 37.3 Å². The lowest BCUT2D eigenvalue weighted by atomic mass is 9.95. The number of nitrogens with two attached hydrogens (primary N) is 1. The van der Waals surface area contributed by atoms with E-state index in [9.17, 15) is 18.9 Å². The summed E-state index contributed by atoms with van der Waals surface area (Å²) in [5.41, 5.74) is 4.62. The molecule has 248 valence electrons. The van der Waals surface area contributed by atoms with Gasteiger partial charge in [0.2, 0.25) is 0 Å². The van der Waals surface area contributed by atoms with Crippen molar-refractivity contribution in [2.45, 2.75) is 83.5 Å². The summed E-state index contributed by atoms with van der Waals surface area (Å²) in [5, 5.41) is 6.72. The molecule has 0 aromatic carbocycles. The predicted octanol–water partition coefficient (Wildman–Crippen LogP) is 2.60. The first-order valence-corrected chi connectivity index (χ1v) is 15.9. The Bertz CT molecular complexity index is 1390. The molecule has 15 nitrogen and oxygen atoms in total. The fourth-order valence-electron chi connectivity index (χ4n) is 4.83. The summed E-state index contributed by atoms with van der Waals surface area (Å²) in [5.74, 6) is -3.09. The molecule has 0 radical (unpaired) electrons. The lowest BCUT2D eigenvalue weighted by Gasteiger charge is -2.31. The highest BCUT2D eigenvalue weighted by molar-refractivity contribution is 7.36. The Hall–Kier alpha value is -3.30. The number of aromatic nitrogens is 3. The quantitative estimate of drug-likeness (QED) is 0.182. The van der Waals surface area contributed by atoms with Crippen molar-refractivity contribution >= 4 is 37.4 Å². The zero-order chi connectivity index (χ0) is 32.9. The number of rotatable bonds is 13. The number of ether oxygens (including phenoxy) is 5. The molecule has 0 saturated carbocycles. The van der Waals surface area contributed by atoms with E-state index in [4.69, 9.17) is 33.9 Å². The van der Waals surface area contributed by atoms with Gasteiger partial charge in [-0.2, -0.15) is 5.10 Å². The van der Waals surface area contributed by atoms with Crippen molar-refractivity contribution < 1.29 is 51.5 Å². The van der Waals surface area contributed by atoms with E-state index in [1.165, 1.54) is 17.8 Å². The van der Waals surface area contributed by atoms with Gasteiger partial charge in [0.15, 0.2) is 23.6 Å². The van der Waals surface area contributed by atoms with E-state index >= 15 is 4.39 Å². The lowest BCUT2D eigenvalue weighted by Crippen LogP contribution is -2.52. The van der Waals surface area contributed by atoms with Crippen LogP contribution in [-0.2, 0) is 47.2 Å². The summed E-state index contributed by atoms with van der Waals surface area (Å²) in [4.78, 5) is 42.3. The molecule has 2 saturated heterocycles. The van der Waals surface area contributed by atoms with Crippen LogP contribution < -0.4 is 10.8 Å². The van der Waals surface area contributed by atoms with Crippen molar-refractivity contribution in [2.24, 2.45) is 11.8 Å². The standard InChI is InChI=1S/C28H40FN5O10P/c1-15(2)25(35)42-22-21(19-6-7-20-24(30)31-14-32-34(19)20)44-28(12-29,23(22)43-26(36)16(3)4)13-40-45(38)33-17(5)27(37)41-18-8-10-39-11-9-18/h6-7,14-18,21-23H,8-13H2,1-5H3,(H,33,38)(H2,30,31,32)/q+1/t17-,21-,22-,23-,28+/m0/s1. The highest BCUT2D eigenvalue weighted by atomic mass is 31.1. The second-order valence-corrected chi connectivity index (χ2v) is 12.7. The maximum Gasteiger partial charge on any atom is 0.613 e. The minimum Gasteiger partial charge on any atom is -0.461 e. The zero-order valence-electron chi connectivity index (χ0n) is 25.8. The van der Waals surface area contributed by atoms with Crippen LogP contribution in [0.15, 0.2) is 18.5 Å². The molecule has 1 unspecified atom stereocenters. The van der Waals surface area contributed by atoms with Crippen LogP contribution in [0.4, 0.5) is 10.2 Å². The Kier molecular flexibility index (Phi) is 11.4. The van der Waals surface area contributed by atoms with Gasteiger partial charge in [-0.1, -0.05) is 32.8 Å². The van der Waals surface area contributed by atoms with Gasteiger partial charge in [-0.25, -0.2) is 13.9 Å². The van der Waals surface area contributed by atoms with E-state index in [0.717, 1.165) is 0 Å². The van der Waals surface area contributed by atoms with Gasteiger partial charge in [-0.3, -0.25) is 14.4 Å². The van der Waals surface area contributed by atoms with Gasteiger partial charge in [0.1, 0.15) is 43.4 Å². The summed E-state index contributed by atoms with van der Waals surface area (Å²) in [6, 6.07) is 2.17. The van der Waals surface area contributed by atoms with E-state index in [2.05, 4.69) is 15.2 Å². The summed E-state index contributed by atoms with van der Waals surface area (Å²) in [7, 11) is -2.78. The summed E-state index contributed by atoms with van der Waals surface area (Å²) in [6.45, 7) is 6.78. The van der Waals surface area contributed by atoms with Crippen molar-refractivity contribution in [3.8, 4) is 0 Å². The third kappa shape index (κ3) is 7.93. The molecular formula is C28H40FN5O10P+. The highest BCUT2D eigenvalue weighted by Gasteiger charge is 2.62. The first-order chi connectivity index (χ1) is 21.4. The second kappa shape index (κ2) is 14.9. The fraction of sp³-hybridized carbons (Fsp3) is 0.679. The Morgan fingerprint density at radius 1 is 1.09 bits per heavy atom. The molecule has 4 rings (SSSR count). The summed E-state index contributed by atoms with van der Waals surface area (Å²) >= 11 is 0. The maximum absolute atomic E-state index is 15.2. The minimum atomic E-state index is -2.78. The van der Waals surface area contributed by atoms with Crippen LogP contribution in [0.3, 0.4) is 0 Å². The van der Waals surface area contributed by atoms with Crippen molar-refractivity contribution in [1.29, 1.82) is 0 Å². The minimum absolute atomic E-state index is 0.153. The number of carbonyl (C=O) groups excluding carboxylic acids is 3. The van der Waals surface area contributed by atoms with Gasteiger partial charge < -0.3 is 29.4 Å². The third-order valence-electron chi connectivity index (χ3n) is 7.47. The topological polar surface area (TPSA) is 192 Å². The Balaban J connectivity index is 1.61. The van der Waals surface area contributed by atoms with Gasteiger partial charge in [-0.05, 0) is 23.6 Å². The maximum atomic E-state index is 15.2. The third-order valence-corrected chi connectivity index (χ3v) is 8.44. The molecule has 0 spiro atoms. The fourth-order valence-corrected chi connectivity index (χ4v) is 5.66. The molecule has 2 fully saturated rings. The van der Waals surface area contributed by atoms with Crippen molar-refractivity contribution in [1.82, 2.24) is 19.7 Å². The summed E-state index contributed by atoms with van der Waals surface area (Å²) in [6.07, 6.45) is -2.14. The van der Waals surface area contributed by atoms with E-state index in [1.54, 1.807) is 39.8 Å². The molecule has 3 N–H and O–H groups in total. The zero-order valence-corrected chi connectivity index (χ0v) is 26.7. The Morgan fingerprint density at radius 2 is 1.76 bits per heavy atom. The van der Waals surface area contributed by atoms with Crippen molar-refractivity contribution in [3.05, 3.63) is 24.2 Å². The number of fused-ring (bicyclic) bond motifs is 1. The van der Waals surface area contributed by atoms with Crippen LogP contribution >= 0.6 is 8.18 Å². The van der Waals surface area contributed by atoms with E-state index in [-0.39, 0.29) is 11.9 Å². The molecule has 2 aromatic heterocycles. The van der Waals surface area contributed by atoms with Gasteiger partial charge in [0.25, 0.3) is 0 Å². The number of nitrogens with zero attached hydrogens (tertiary/aromatic N) is 3. The molecule has 6 atom stereocenters. The van der Waals surface area contributed by atoms with Crippen LogP contribution in [-0.4, -0.2) is 89.0 Å². The molecule has 45 heavy (non-hydrogen) atoms. The number of anilines is 1. The predicted molar refractivity (Wildman–Crippen MR) is 155 cm³/mol. The van der Waals surface area contributed by atoms with E-state index in [1.807, 2.05) is 0 Å². The molecule has 2 aliphatic heterocycles. The SMILES string of the molecule is CC(C)C(=O)O[C@H]1[C@H](c2ccc3c(N)ncnn23)O[C@](CF)(CO[P+](=O)N[C@@H](C)C(=O)OC2CCOCC2)[C@H]1OC(=O)C(C)C. The Labute approximate surface area is 260 Å². The Morgan fingerprint density at radius 3 is 2.40 bits per heavy atom. The average Bonchev–Trinajstić information content (AvgIpc) is 3.56. The molecular weight excluding hydrogens is 616 g/mol. The smallest absolute Gasteiger partial charge is 0.461 e.